The van der Waals surface area contributed by atoms with Crippen molar-refractivity contribution in [2.24, 2.45) is 5.84 Å². The number of methoxy groups -OCH3 is 1. The van der Waals surface area contributed by atoms with Crippen LogP contribution in [0.4, 0.5) is 0 Å². The molecule has 2 N–H and O–H groups in total. The van der Waals surface area contributed by atoms with Gasteiger partial charge in [-0.2, -0.15) is 5.26 Å². The van der Waals surface area contributed by atoms with Crippen molar-refractivity contribution >= 4 is 5.70 Å². The molecule has 0 atom stereocenters. The minimum atomic E-state index is 0.275. The van der Waals surface area contributed by atoms with E-state index in [-0.39, 0.29) is 6.42 Å². The number of hydrogen-bond acceptors (Lipinski definition) is 4. The van der Waals surface area contributed by atoms with Crippen molar-refractivity contribution in [2.45, 2.75) is 33.1 Å². The molecule has 0 aliphatic rings. The summed E-state index contributed by atoms with van der Waals surface area (Å²) in [5.41, 5.74) is 3.71. The SMILES string of the molecule is C=C/C(=C\C=C(/C)OC)N(N)/C(=C\CC#N)c1ccc(CCC)cc1. The van der Waals surface area contributed by atoms with E-state index >= 15 is 0 Å². The summed E-state index contributed by atoms with van der Waals surface area (Å²) < 4.78 is 5.14. The van der Waals surface area contributed by atoms with E-state index in [2.05, 4.69) is 31.7 Å². The third-order valence-electron chi connectivity index (χ3n) is 3.73. The number of nitrogens with two attached hydrogens (primary N) is 1. The van der Waals surface area contributed by atoms with Gasteiger partial charge in [0.25, 0.3) is 0 Å². The lowest BCUT2D eigenvalue weighted by Gasteiger charge is -2.23. The molecule has 0 unspecified atom stereocenters. The second-order valence-electron chi connectivity index (χ2n) is 5.55. The number of rotatable bonds is 9. The molecular formula is C21H27N3O. The molecule has 1 aromatic carbocycles. The number of hydrazine groups is 1. The average Bonchev–Trinajstić information content (AvgIpc) is 2.63. The van der Waals surface area contributed by atoms with Crippen molar-refractivity contribution in [3.05, 3.63) is 77.7 Å². The topological polar surface area (TPSA) is 62.3 Å². The van der Waals surface area contributed by atoms with Gasteiger partial charge in [-0.3, -0.25) is 5.01 Å². The monoisotopic (exact) mass is 337 g/mol. The number of benzene rings is 1. The van der Waals surface area contributed by atoms with Gasteiger partial charge in [-0.1, -0.05) is 44.2 Å². The van der Waals surface area contributed by atoms with E-state index in [4.69, 9.17) is 15.8 Å². The summed E-state index contributed by atoms with van der Waals surface area (Å²) in [6.45, 7) is 7.84. The smallest absolute Gasteiger partial charge is 0.0925 e. The van der Waals surface area contributed by atoms with E-state index in [0.29, 0.717) is 5.70 Å². The Morgan fingerprint density at radius 1 is 1.32 bits per heavy atom. The number of ether oxygens (including phenoxy) is 1. The quantitative estimate of drug-likeness (QED) is 0.307. The van der Waals surface area contributed by atoms with Crippen LogP contribution in [0.5, 0.6) is 0 Å². The number of aryl methyl sites for hydroxylation is 1. The molecule has 0 amide bonds. The summed E-state index contributed by atoms with van der Waals surface area (Å²) >= 11 is 0. The Kier molecular flexibility index (Phi) is 8.84. The zero-order chi connectivity index (χ0) is 18.7. The maximum atomic E-state index is 8.95. The molecular weight excluding hydrogens is 310 g/mol. The Labute approximate surface area is 151 Å². The van der Waals surface area contributed by atoms with Crippen LogP contribution in [0, 0.1) is 11.3 Å². The normalized spacial score (nSPS) is 12.5. The molecule has 0 aliphatic heterocycles. The van der Waals surface area contributed by atoms with Crippen LogP contribution in [-0.4, -0.2) is 12.1 Å². The van der Waals surface area contributed by atoms with Gasteiger partial charge in [-0.05, 0) is 48.8 Å². The summed E-state index contributed by atoms with van der Waals surface area (Å²) in [5, 5.41) is 10.5. The van der Waals surface area contributed by atoms with E-state index in [0.717, 1.165) is 29.9 Å². The minimum Gasteiger partial charge on any atom is -0.501 e. The second kappa shape index (κ2) is 10.9. The first-order valence-corrected chi connectivity index (χ1v) is 8.33. The maximum Gasteiger partial charge on any atom is 0.0925 e. The highest BCUT2D eigenvalue weighted by Crippen LogP contribution is 2.22. The van der Waals surface area contributed by atoms with Crippen molar-refractivity contribution in [3.63, 3.8) is 0 Å². The summed E-state index contributed by atoms with van der Waals surface area (Å²) in [6.07, 6.45) is 9.57. The predicted molar refractivity (Wildman–Crippen MR) is 104 cm³/mol. The minimum absolute atomic E-state index is 0.275. The van der Waals surface area contributed by atoms with E-state index in [1.165, 1.54) is 5.56 Å². The molecule has 132 valence electrons. The van der Waals surface area contributed by atoms with Gasteiger partial charge in [0.1, 0.15) is 0 Å². The summed E-state index contributed by atoms with van der Waals surface area (Å²) in [7, 11) is 1.61. The highest BCUT2D eigenvalue weighted by molar-refractivity contribution is 5.66. The van der Waals surface area contributed by atoms with Crippen LogP contribution in [0.3, 0.4) is 0 Å². The van der Waals surface area contributed by atoms with Crippen LogP contribution in [0.2, 0.25) is 0 Å². The molecule has 0 radical (unpaired) electrons. The van der Waals surface area contributed by atoms with Crippen LogP contribution in [0.25, 0.3) is 5.70 Å². The number of nitriles is 1. The fourth-order valence-corrected chi connectivity index (χ4v) is 2.29. The molecule has 0 aromatic heterocycles. The summed E-state index contributed by atoms with van der Waals surface area (Å²) in [6, 6.07) is 10.4. The van der Waals surface area contributed by atoms with Gasteiger partial charge in [-0.25, -0.2) is 5.84 Å². The van der Waals surface area contributed by atoms with Crippen molar-refractivity contribution in [1.29, 1.82) is 5.26 Å². The van der Waals surface area contributed by atoms with Gasteiger partial charge in [0.2, 0.25) is 0 Å². The van der Waals surface area contributed by atoms with Gasteiger partial charge in [0.15, 0.2) is 0 Å². The number of hydrogen-bond donors (Lipinski definition) is 1. The molecule has 0 aliphatic carbocycles. The first-order chi connectivity index (χ1) is 12.1. The molecule has 0 saturated heterocycles. The van der Waals surface area contributed by atoms with Crippen LogP contribution in [0.15, 0.2) is 66.6 Å². The molecule has 4 heteroatoms. The van der Waals surface area contributed by atoms with Crippen molar-refractivity contribution in [1.82, 2.24) is 5.01 Å². The standard InChI is InChI=1S/C21H27N3O/c1-5-8-18-11-13-19(14-12-18)21(9-7-16-22)24(23)20(6-2)15-10-17(3)25-4/h6,9-15H,2,5,7-8,23H2,1,3-4H3/b17-10+,20-15+,21-9-. The average molecular weight is 337 g/mol. The van der Waals surface area contributed by atoms with E-state index < -0.39 is 0 Å². The summed E-state index contributed by atoms with van der Waals surface area (Å²) in [5.74, 6) is 7.08. The highest BCUT2D eigenvalue weighted by atomic mass is 16.5. The van der Waals surface area contributed by atoms with E-state index in [1.807, 2.05) is 37.3 Å². The largest absolute Gasteiger partial charge is 0.501 e. The van der Waals surface area contributed by atoms with Crippen molar-refractivity contribution in [3.8, 4) is 6.07 Å². The van der Waals surface area contributed by atoms with Crippen molar-refractivity contribution < 1.29 is 4.74 Å². The molecule has 0 bridgehead atoms. The van der Waals surface area contributed by atoms with Crippen molar-refractivity contribution in [2.75, 3.05) is 7.11 Å². The van der Waals surface area contributed by atoms with Gasteiger partial charge in [-0.15, -0.1) is 0 Å². The second-order valence-corrected chi connectivity index (χ2v) is 5.55. The Morgan fingerprint density at radius 3 is 2.52 bits per heavy atom. The molecule has 25 heavy (non-hydrogen) atoms. The Bertz CT molecular complexity index is 691. The first kappa shape index (κ1) is 20.3. The number of nitrogens with zero attached hydrogens (tertiary/aromatic N) is 2. The van der Waals surface area contributed by atoms with Gasteiger partial charge in [0.05, 0.1) is 36.8 Å². The highest BCUT2D eigenvalue weighted by Gasteiger charge is 2.11. The Balaban J connectivity index is 3.20. The Hall–Kier alpha value is -2.77. The molecule has 0 heterocycles. The lowest BCUT2D eigenvalue weighted by atomic mass is 10.0. The lowest BCUT2D eigenvalue weighted by Crippen LogP contribution is -2.28. The lowest BCUT2D eigenvalue weighted by molar-refractivity contribution is 0.293. The van der Waals surface area contributed by atoms with Gasteiger partial charge in [0, 0.05) is 0 Å². The van der Waals surface area contributed by atoms with Gasteiger partial charge >= 0.3 is 0 Å². The zero-order valence-corrected chi connectivity index (χ0v) is 15.3. The van der Waals surface area contributed by atoms with Gasteiger partial charge < -0.3 is 4.74 Å². The maximum absolute atomic E-state index is 8.95. The molecule has 0 saturated carbocycles. The van der Waals surface area contributed by atoms with Crippen LogP contribution in [0.1, 0.15) is 37.8 Å². The Morgan fingerprint density at radius 2 is 2.00 bits per heavy atom. The zero-order valence-electron chi connectivity index (χ0n) is 15.3. The molecule has 1 aromatic rings. The fourth-order valence-electron chi connectivity index (χ4n) is 2.29. The van der Waals surface area contributed by atoms with Crippen LogP contribution < -0.4 is 5.84 Å². The molecule has 4 nitrogen and oxygen atoms in total. The molecule has 0 spiro atoms. The number of allylic oxidation sites excluding steroid dienone is 5. The third kappa shape index (κ3) is 6.33. The van der Waals surface area contributed by atoms with Crippen LogP contribution >= 0.6 is 0 Å². The fraction of sp³-hybridized carbons (Fsp3) is 0.286. The van der Waals surface area contributed by atoms with E-state index in [9.17, 15) is 0 Å². The molecule has 1 rings (SSSR count). The molecule has 0 fully saturated rings. The third-order valence-corrected chi connectivity index (χ3v) is 3.73. The van der Waals surface area contributed by atoms with Crippen LogP contribution in [-0.2, 0) is 11.2 Å². The summed E-state index contributed by atoms with van der Waals surface area (Å²) in [4.78, 5) is 0. The first-order valence-electron chi connectivity index (χ1n) is 8.33. The van der Waals surface area contributed by atoms with E-state index in [1.54, 1.807) is 18.2 Å². The predicted octanol–water partition coefficient (Wildman–Crippen LogP) is 4.69.